The van der Waals surface area contributed by atoms with E-state index < -0.39 is 285 Å². The Labute approximate surface area is 510 Å². The topological polar surface area (TPSA) is 621 Å². The molecule has 520 valence electrons. The maximum Gasteiger partial charge on any atom is 0.217 e. The second-order valence-electron chi connectivity index (χ2n) is 22.5. The summed E-state index contributed by atoms with van der Waals surface area (Å²) in [4.78, 5) is 49.5. The van der Waals surface area contributed by atoms with Crippen molar-refractivity contribution < 1.29 is 178 Å². The number of nitrogens with one attached hydrogen (secondary N) is 4. The molecular formula is C50H84N4O36. The molecule has 0 aromatic heterocycles. The van der Waals surface area contributed by atoms with Gasteiger partial charge in [-0.1, -0.05) is 0 Å². The predicted octanol–water partition coefficient (Wildman–Crippen LogP) is -15.7. The van der Waals surface area contributed by atoms with Crippen LogP contribution in [-0.2, 0) is 80.8 Å². The second-order valence-corrected chi connectivity index (χ2v) is 22.5. The molecule has 23 N–H and O–H groups in total. The van der Waals surface area contributed by atoms with E-state index in [0.29, 0.717) is 0 Å². The molecule has 7 fully saturated rings. The number of ether oxygens (including phenoxy) is 13. The number of hydrogen-bond donors (Lipinski definition) is 23. The summed E-state index contributed by atoms with van der Waals surface area (Å²) in [5.74, 6) is -3.28. The summed E-state index contributed by atoms with van der Waals surface area (Å²) in [6.07, 6.45) is -60.0. The fraction of sp³-hybridized carbons (Fsp3) is 0.920. The monoisotopic (exact) mass is 1320 g/mol. The molecule has 40 heteroatoms. The number of aliphatic hydroxyl groups is 19. The lowest BCUT2D eigenvalue weighted by Gasteiger charge is -2.51. The molecule has 0 spiro atoms. The van der Waals surface area contributed by atoms with Crippen molar-refractivity contribution >= 4 is 23.6 Å². The third-order valence-electron chi connectivity index (χ3n) is 16.2. The summed E-state index contributed by atoms with van der Waals surface area (Å²) < 4.78 is 75.3. The van der Waals surface area contributed by atoms with Crippen LogP contribution in [0.15, 0.2) is 0 Å². The SMILES string of the molecule is CC(=O)N[C@H]1[C@H](O[C@H]2[C@@H](O)[C@@H](CO)O[C@@H](O[C@H]3[C@H](O)[C@@H](NC(C)=O)[C@H](O[C@H]4[C@@H](O)[C@@H](CO)O[C@@H](O[C@H]5[C@H](O)[C@@H](NC(C)=O)C(O)O[C@@H]5CO)[C@@H]4O)O[C@@H]3CO)[C@@H]2O)O[C@H](CO)[C@@H](O[C@@H]2O[C@H](CO)[C@H](O)[C@H](O[C@@H]3O[C@H](CO)[C@@H](O)[C@H](O)[C@H]3NC(C)=O)[C@H]2O)[C@@H]1O. The Morgan fingerprint density at radius 1 is 0.267 bits per heavy atom. The molecule has 7 rings (SSSR count). The Hall–Kier alpha value is -3.40. The molecule has 0 bridgehead atoms. The van der Waals surface area contributed by atoms with Crippen LogP contribution in [-0.4, -0.2) is 382 Å². The Bertz CT molecular complexity index is 2310. The number of carbonyl (C=O) groups is 4. The summed E-state index contributed by atoms with van der Waals surface area (Å²) in [6, 6.07) is -6.87. The lowest BCUT2D eigenvalue weighted by Crippen LogP contribution is -2.71. The molecule has 7 aliphatic rings. The van der Waals surface area contributed by atoms with Gasteiger partial charge in [0.1, 0.15) is 171 Å². The van der Waals surface area contributed by atoms with Gasteiger partial charge in [-0.15, -0.1) is 0 Å². The van der Waals surface area contributed by atoms with Gasteiger partial charge >= 0.3 is 0 Å². The van der Waals surface area contributed by atoms with Gasteiger partial charge in [0.2, 0.25) is 23.6 Å². The van der Waals surface area contributed by atoms with Gasteiger partial charge < -0.3 is 180 Å². The zero-order valence-corrected chi connectivity index (χ0v) is 48.6. The van der Waals surface area contributed by atoms with E-state index in [1.54, 1.807) is 0 Å². The van der Waals surface area contributed by atoms with Gasteiger partial charge in [-0.3, -0.25) is 19.2 Å². The third kappa shape index (κ3) is 16.3. The quantitative estimate of drug-likeness (QED) is 0.0452. The molecule has 40 nitrogen and oxygen atoms in total. The number of amides is 4. The Morgan fingerprint density at radius 2 is 0.489 bits per heavy atom. The van der Waals surface area contributed by atoms with E-state index >= 15 is 0 Å². The van der Waals surface area contributed by atoms with E-state index in [1.165, 1.54) is 0 Å². The van der Waals surface area contributed by atoms with Crippen LogP contribution in [0.25, 0.3) is 0 Å². The molecule has 7 aliphatic heterocycles. The molecule has 0 saturated carbocycles. The van der Waals surface area contributed by atoms with Crippen LogP contribution < -0.4 is 21.3 Å². The number of carbonyl (C=O) groups excluding carboxylic acids is 4. The first-order valence-corrected chi connectivity index (χ1v) is 28.6. The standard InChI is InChI=1S/C50H84N4O36/c1-12(62)51-23-32(71)38(20(9-59)78-44(23)77)85-48-36(75)42(29(68)18(7-57)80-48)89-46-25(53-14(3)64)34(73)40(22(11-61)83-46)87-50-37(76)43(30(69)19(8-58)82-50)90-47-26(54-15(4)65)33(72)39(21(10-60)84-47)86-49-35(74)41(28(67)17(6-56)81-49)88-45-24(52-13(2)63)31(70)27(66)16(5-55)79-45/h16-50,55-61,66-77H,5-11H2,1-4H3,(H,51,62)(H,52,63)(H,53,64)(H,54,65)/t16-,17-,18-,19-,20-,21-,22-,23-,24-,25-,26-,27-,28+,29+,30+,31-,32-,33-,34-,35-,36-,37-,38-,39-,40-,41+,42+,43+,44?,45+,46+,47+,48+,49+,50+/m1/s1. The summed E-state index contributed by atoms with van der Waals surface area (Å²) in [7, 11) is 0. The molecule has 7 heterocycles. The minimum absolute atomic E-state index is 0.728. The Kier molecular flexibility index (Phi) is 26.6. The smallest absolute Gasteiger partial charge is 0.217 e. The fourth-order valence-corrected chi connectivity index (χ4v) is 11.6. The van der Waals surface area contributed by atoms with Gasteiger partial charge in [0.05, 0.1) is 46.2 Å². The van der Waals surface area contributed by atoms with Crippen molar-refractivity contribution in [2.24, 2.45) is 0 Å². The first-order chi connectivity index (χ1) is 42.6. The Morgan fingerprint density at radius 3 is 0.778 bits per heavy atom. The maximum absolute atomic E-state index is 12.8. The van der Waals surface area contributed by atoms with Crippen molar-refractivity contribution in [3.8, 4) is 0 Å². The fourth-order valence-electron chi connectivity index (χ4n) is 11.6. The average molecular weight is 1320 g/mol. The van der Waals surface area contributed by atoms with Crippen molar-refractivity contribution in [1.29, 1.82) is 0 Å². The number of hydrogen-bond acceptors (Lipinski definition) is 36. The molecule has 0 aromatic rings. The van der Waals surface area contributed by atoms with Gasteiger partial charge in [0.15, 0.2) is 44.0 Å². The van der Waals surface area contributed by atoms with Crippen LogP contribution >= 0.6 is 0 Å². The molecule has 0 aromatic carbocycles. The highest BCUT2D eigenvalue weighted by Crippen LogP contribution is 2.38. The van der Waals surface area contributed by atoms with E-state index in [1.807, 2.05) is 0 Å². The van der Waals surface area contributed by atoms with Gasteiger partial charge in [0, 0.05) is 27.7 Å². The van der Waals surface area contributed by atoms with Crippen molar-refractivity contribution in [3.63, 3.8) is 0 Å². The largest absolute Gasteiger partial charge is 0.394 e. The van der Waals surface area contributed by atoms with Crippen LogP contribution in [0.5, 0.6) is 0 Å². The first-order valence-electron chi connectivity index (χ1n) is 28.6. The van der Waals surface area contributed by atoms with Crippen molar-refractivity contribution in [2.75, 3.05) is 46.2 Å². The van der Waals surface area contributed by atoms with Gasteiger partial charge in [-0.05, 0) is 0 Å². The highest BCUT2D eigenvalue weighted by molar-refractivity contribution is 5.74. The summed E-state index contributed by atoms with van der Waals surface area (Å²) in [5, 5.41) is 218. The number of aliphatic hydroxyl groups excluding tert-OH is 19. The minimum atomic E-state index is -2.29. The zero-order valence-electron chi connectivity index (χ0n) is 48.6. The molecule has 90 heavy (non-hydrogen) atoms. The van der Waals surface area contributed by atoms with Gasteiger partial charge in [-0.25, -0.2) is 0 Å². The normalized spacial score (nSPS) is 47.6. The van der Waals surface area contributed by atoms with Crippen molar-refractivity contribution in [3.05, 3.63) is 0 Å². The lowest BCUT2D eigenvalue weighted by molar-refractivity contribution is -0.387. The van der Waals surface area contributed by atoms with Crippen LogP contribution in [0.2, 0.25) is 0 Å². The van der Waals surface area contributed by atoms with Crippen LogP contribution in [0.4, 0.5) is 0 Å². The van der Waals surface area contributed by atoms with E-state index in [9.17, 15) is 116 Å². The highest BCUT2D eigenvalue weighted by atomic mass is 16.8. The molecule has 0 aliphatic carbocycles. The molecular weight excluding hydrogens is 1230 g/mol. The number of rotatable bonds is 23. The Balaban J connectivity index is 1.08. The van der Waals surface area contributed by atoms with E-state index in [4.69, 9.17) is 61.6 Å². The minimum Gasteiger partial charge on any atom is -0.394 e. The zero-order chi connectivity index (χ0) is 66.5. The van der Waals surface area contributed by atoms with Crippen molar-refractivity contribution in [2.45, 2.75) is 242 Å². The molecule has 1 unspecified atom stereocenters. The second kappa shape index (κ2) is 32.4. The van der Waals surface area contributed by atoms with E-state index in [2.05, 4.69) is 21.3 Å². The van der Waals surface area contributed by atoms with Crippen LogP contribution in [0.3, 0.4) is 0 Å². The van der Waals surface area contributed by atoms with Crippen molar-refractivity contribution in [1.82, 2.24) is 21.3 Å². The first kappa shape index (κ1) is 74.0. The van der Waals surface area contributed by atoms with Gasteiger partial charge in [-0.2, -0.15) is 0 Å². The molecule has 35 atom stereocenters. The maximum atomic E-state index is 12.8. The molecule has 0 radical (unpaired) electrons. The third-order valence-corrected chi connectivity index (χ3v) is 16.2. The van der Waals surface area contributed by atoms with E-state index in [-0.39, 0.29) is 0 Å². The summed E-state index contributed by atoms with van der Waals surface area (Å²) in [5.41, 5.74) is 0. The lowest BCUT2D eigenvalue weighted by atomic mass is 9.93. The van der Waals surface area contributed by atoms with E-state index in [0.717, 1.165) is 27.7 Å². The summed E-state index contributed by atoms with van der Waals surface area (Å²) >= 11 is 0. The van der Waals surface area contributed by atoms with Gasteiger partial charge in [0.25, 0.3) is 0 Å². The van der Waals surface area contributed by atoms with Crippen LogP contribution in [0, 0.1) is 0 Å². The highest BCUT2D eigenvalue weighted by Gasteiger charge is 2.59. The van der Waals surface area contributed by atoms with Crippen LogP contribution in [0.1, 0.15) is 27.7 Å². The average Bonchev–Trinajstić information content (AvgIpc) is 0.828. The predicted molar refractivity (Wildman–Crippen MR) is 278 cm³/mol. The summed E-state index contributed by atoms with van der Waals surface area (Å²) in [6.45, 7) is -3.05. The molecule has 7 saturated heterocycles. The molecule has 4 amide bonds.